The zero-order valence-corrected chi connectivity index (χ0v) is 14.3. The molecule has 2 rings (SSSR count). The van der Waals surface area contributed by atoms with Crippen molar-refractivity contribution in [3.63, 3.8) is 0 Å². The van der Waals surface area contributed by atoms with E-state index in [1.54, 1.807) is 0 Å². The fraction of sp³-hybridized carbons (Fsp3) is 0.533. The van der Waals surface area contributed by atoms with Crippen LogP contribution in [0.5, 0.6) is 0 Å². The third-order valence-corrected chi connectivity index (χ3v) is 5.48. The third kappa shape index (κ3) is 4.06. The van der Waals surface area contributed by atoms with Gasteiger partial charge in [-0.2, -0.15) is 0 Å². The van der Waals surface area contributed by atoms with Crippen molar-refractivity contribution in [2.45, 2.75) is 37.4 Å². The van der Waals surface area contributed by atoms with Gasteiger partial charge in [0.15, 0.2) is 0 Å². The van der Waals surface area contributed by atoms with Crippen LogP contribution < -0.4 is 5.32 Å². The van der Waals surface area contributed by atoms with Gasteiger partial charge >= 0.3 is 0 Å². The van der Waals surface area contributed by atoms with E-state index in [1.165, 1.54) is 25.7 Å². The van der Waals surface area contributed by atoms with E-state index in [1.807, 2.05) is 25.1 Å². The molecule has 2 nitrogen and oxygen atoms in total. The van der Waals surface area contributed by atoms with E-state index in [0.717, 1.165) is 22.1 Å². The van der Waals surface area contributed by atoms with Crippen molar-refractivity contribution in [1.82, 2.24) is 5.32 Å². The molecule has 1 aromatic rings. The lowest BCUT2D eigenvalue weighted by atomic mass is 9.89. The van der Waals surface area contributed by atoms with Crippen molar-refractivity contribution in [1.29, 1.82) is 0 Å². The van der Waals surface area contributed by atoms with Crippen molar-refractivity contribution in [3.05, 3.63) is 33.8 Å². The van der Waals surface area contributed by atoms with Gasteiger partial charge < -0.3 is 5.32 Å². The van der Waals surface area contributed by atoms with E-state index in [0.29, 0.717) is 10.7 Å². The maximum Gasteiger partial charge on any atom is 0.251 e. The molecule has 1 N–H and O–H groups in total. The highest BCUT2D eigenvalue weighted by Crippen LogP contribution is 2.29. The summed E-state index contributed by atoms with van der Waals surface area (Å²) in [5, 5.41) is 3.08. The van der Waals surface area contributed by atoms with Gasteiger partial charge in [-0.3, -0.25) is 4.79 Å². The Balaban J connectivity index is 1.95. The second-order valence-corrected chi connectivity index (χ2v) is 7.32. The van der Waals surface area contributed by atoms with Crippen molar-refractivity contribution < 1.29 is 4.79 Å². The standard InChI is InChI=1S/C15H19Br2NO/c1-10-6-7-12(16)8-13(10)15(19)18-9-11-4-2-3-5-14(11)17/h6-8,11,14H,2-5,9H2,1H3,(H,18,19). The first kappa shape index (κ1) is 15.0. The van der Waals surface area contributed by atoms with Crippen LogP contribution in [0.2, 0.25) is 0 Å². The molecule has 0 radical (unpaired) electrons. The lowest BCUT2D eigenvalue weighted by molar-refractivity contribution is 0.0944. The quantitative estimate of drug-likeness (QED) is 0.762. The SMILES string of the molecule is Cc1ccc(Br)cc1C(=O)NCC1CCCCC1Br. The Kier molecular flexibility index (Phi) is 5.46. The average Bonchev–Trinajstić information content (AvgIpc) is 2.40. The van der Waals surface area contributed by atoms with Crippen molar-refractivity contribution in [3.8, 4) is 0 Å². The van der Waals surface area contributed by atoms with E-state index in [-0.39, 0.29) is 5.91 Å². The summed E-state index contributed by atoms with van der Waals surface area (Å²) < 4.78 is 0.944. The Morgan fingerprint density at radius 1 is 1.37 bits per heavy atom. The molecule has 1 saturated carbocycles. The highest BCUT2D eigenvalue weighted by atomic mass is 79.9. The predicted molar refractivity (Wildman–Crippen MR) is 85.9 cm³/mol. The van der Waals surface area contributed by atoms with E-state index in [2.05, 4.69) is 37.2 Å². The Bertz CT molecular complexity index is 461. The topological polar surface area (TPSA) is 29.1 Å². The summed E-state index contributed by atoms with van der Waals surface area (Å²) in [7, 11) is 0. The number of rotatable bonds is 3. The molecule has 19 heavy (non-hydrogen) atoms. The summed E-state index contributed by atoms with van der Waals surface area (Å²) in [6, 6.07) is 5.81. The van der Waals surface area contributed by atoms with Gasteiger partial charge in [0.1, 0.15) is 0 Å². The number of benzene rings is 1. The third-order valence-electron chi connectivity index (χ3n) is 3.79. The van der Waals surface area contributed by atoms with Crippen LogP contribution in [0.4, 0.5) is 0 Å². The largest absolute Gasteiger partial charge is 0.352 e. The highest BCUT2D eigenvalue weighted by molar-refractivity contribution is 9.10. The van der Waals surface area contributed by atoms with Crippen LogP contribution in [0.15, 0.2) is 22.7 Å². The summed E-state index contributed by atoms with van der Waals surface area (Å²) in [6.07, 6.45) is 4.99. The predicted octanol–water partition coefficient (Wildman–Crippen LogP) is 4.44. The van der Waals surface area contributed by atoms with Crippen molar-refractivity contribution in [2.75, 3.05) is 6.54 Å². The number of halogens is 2. The molecule has 1 aliphatic carbocycles. The van der Waals surface area contributed by atoms with Crippen LogP contribution in [0.25, 0.3) is 0 Å². The highest BCUT2D eigenvalue weighted by Gasteiger charge is 2.23. The summed E-state index contributed by atoms with van der Waals surface area (Å²) in [5.74, 6) is 0.592. The van der Waals surface area contributed by atoms with Crippen molar-refractivity contribution >= 4 is 37.8 Å². The number of amides is 1. The monoisotopic (exact) mass is 387 g/mol. The minimum Gasteiger partial charge on any atom is -0.352 e. The van der Waals surface area contributed by atoms with Gasteiger partial charge in [0, 0.05) is 21.4 Å². The molecule has 104 valence electrons. The molecule has 1 amide bonds. The van der Waals surface area contributed by atoms with Gasteiger partial charge in [0.05, 0.1) is 0 Å². The molecule has 0 aliphatic heterocycles. The number of hydrogen-bond acceptors (Lipinski definition) is 1. The first-order valence-electron chi connectivity index (χ1n) is 6.76. The zero-order chi connectivity index (χ0) is 13.8. The van der Waals surface area contributed by atoms with Gasteiger partial charge in [-0.05, 0) is 43.4 Å². The summed E-state index contributed by atoms with van der Waals surface area (Å²) >= 11 is 7.14. The lowest BCUT2D eigenvalue weighted by Gasteiger charge is -2.27. The van der Waals surface area contributed by atoms with Gasteiger partial charge in [-0.1, -0.05) is 50.8 Å². The number of aryl methyl sites for hydroxylation is 1. The smallest absolute Gasteiger partial charge is 0.251 e. The number of hydrogen-bond donors (Lipinski definition) is 1. The fourth-order valence-corrected chi connectivity index (χ4v) is 3.69. The van der Waals surface area contributed by atoms with Crippen LogP contribution in [0, 0.1) is 12.8 Å². The Labute approximate surface area is 131 Å². The normalized spacial score (nSPS) is 23.1. The molecule has 1 fully saturated rings. The Morgan fingerprint density at radius 3 is 2.84 bits per heavy atom. The van der Waals surface area contributed by atoms with Crippen LogP contribution in [-0.4, -0.2) is 17.3 Å². The molecular formula is C15H19Br2NO. The number of nitrogens with one attached hydrogen (secondary N) is 1. The molecular weight excluding hydrogens is 370 g/mol. The molecule has 1 aliphatic rings. The van der Waals surface area contributed by atoms with Crippen LogP contribution in [0.1, 0.15) is 41.6 Å². The van der Waals surface area contributed by atoms with E-state index in [4.69, 9.17) is 0 Å². The maximum atomic E-state index is 12.2. The molecule has 1 aromatic carbocycles. The summed E-state index contributed by atoms with van der Waals surface area (Å²) in [6.45, 7) is 2.73. The minimum atomic E-state index is 0.0315. The van der Waals surface area contributed by atoms with Gasteiger partial charge in [0.2, 0.25) is 0 Å². The molecule has 2 unspecified atom stereocenters. The molecule has 0 heterocycles. The fourth-order valence-electron chi connectivity index (χ4n) is 2.55. The van der Waals surface area contributed by atoms with Crippen molar-refractivity contribution in [2.24, 2.45) is 5.92 Å². The van der Waals surface area contributed by atoms with E-state index in [9.17, 15) is 4.79 Å². The van der Waals surface area contributed by atoms with Crippen LogP contribution in [-0.2, 0) is 0 Å². The van der Waals surface area contributed by atoms with Crippen LogP contribution in [0.3, 0.4) is 0 Å². The average molecular weight is 389 g/mol. The second kappa shape index (κ2) is 6.89. The first-order chi connectivity index (χ1) is 9.08. The molecule has 0 aromatic heterocycles. The van der Waals surface area contributed by atoms with E-state index < -0.39 is 0 Å². The van der Waals surface area contributed by atoms with Gasteiger partial charge in [0.25, 0.3) is 5.91 Å². The molecule has 0 bridgehead atoms. The first-order valence-corrected chi connectivity index (χ1v) is 8.47. The summed E-state index contributed by atoms with van der Waals surface area (Å²) in [5.41, 5.74) is 1.77. The Hall–Kier alpha value is -0.350. The molecule has 0 saturated heterocycles. The second-order valence-electron chi connectivity index (χ2n) is 5.23. The number of carbonyl (C=O) groups is 1. The number of alkyl halides is 1. The van der Waals surface area contributed by atoms with Gasteiger partial charge in [-0.15, -0.1) is 0 Å². The van der Waals surface area contributed by atoms with Crippen LogP contribution >= 0.6 is 31.9 Å². The number of carbonyl (C=O) groups excluding carboxylic acids is 1. The molecule has 4 heteroatoms. The van der Waals surface area contributed by atoms with Gasteiger partial charge in [-0.25, -0.2) is 0 Å². The minimum absolute atomic E-state index is 0.0315. The molecule has 2 atom stereocenters. The van der Waals surface area contributed by atoms with E-state index >= 15 is 0 Å². The lowest BCUT2D eigenvalue weighted by Crippen LogP contribution is -2.34. The maximum absolute atomic E-state index is 12.2. The molecule has 0 spiro atoms. The Morgan fingerprint density at radius 2 is 2.11 bits per heavy atom. The summed E-state index contributed by atoms with van der Waals surface area (Å²) in [4.78, 5) is 12.8. The zero-order valence-electron chi connectivity index (χ0n) is 11.1.